The largest absolute Gasteiger partial charge is 0.481 e. The van der Waals surface area contributed by atoms with Crippen LogP contribution in [0.15, 0.2) is 18.2 Å². The van der Waals surface area contributed by atoms with Crippen molar-refractivity contribution in [1.29, 1.82) is 0 Å². The van der Waals surface area contributed by atoms with Crippen molar-refractivity contribution < 1.29 is 14.6 Å². The Balaban J connectivity index is 2.78. The minimum atomic E-state index is -0.630. The molecule has 1 unspecified atom stereocenters. The number of hydrogen-bond acceptors (Lipinski definition) is 3. The average Bonchev–Trinajstić information content (AvgIpc) is 2.45. The number of rotatable bonds is 7. The first-order chi connectivity index (χ1) is 9.88. The number of carbonyl (C=O) groups excluding carboxylic acids is 1. The Morgan fingerprint density at radius 3 is 2.43 bits per heavy atom. The van der Waals surface area contributed by atoms with Gasteiger partial charge in [-0.05, 0) is 45.7 Å². The minimum absolute atomic E-state index is 0.124. The normalized spacial score (nSPS) is 13.9. The molecular formula is C17H27NO3. The van der Waals surface area contributed by atoms with Crippen molar-refractivity contribution >= 4 is 5.91 Å². The van der Waals surface area contributed by atoms with E-state index in [1.165, 1.54) is 0 Å². The molecule has 0 aromatic heterocycles. The van der Waals surface area contributed by atoms with Crippen LogP contribution >= 0.6 is 0 Å². The van der Waals surface area contributed by atoms with Gasteiger partial charge in [0.15, 0.2) is 6.10 Å². The molecule has 0 radical (unpaired) electrons. The standard InChI is InChI=1S/C17H27NO3/c1-6-14(7-2)18-17(20)13(5)21-16-9-8-11(3)10-15(16)12(4)19/h8-10,12-14,19H,6-7H2,1-5H3,(H,18,20)/t12-,13?/m1/s1. The van der Waals surface area contributed by atoms with Crippen LogP contribution in [-0.4, -0.2) is 23.2 Å². The summed E-state index contributed by atoms with van der Waals surface area (Å²) in [4.78, 5) is 12.1. The van der Waals surface area contributed by atoms with Crippen LogP contribution in [0.5, 0.6) is 5.75 Å². The van der Waals surface area contributed by atoms with E-state index in [0.29, 0.717) is 11.3 Å². The molecule has 2 N–H and O–H groups in total. The number of nitrogens with one attached hydrogen (secondary N) is 1. The third kappa shape index (κ3) is 5.05. The van der Waals surface area contributed by atoms with Crippen molar-refractivity contribution in [3.63, 3.8) is 0 Å². The maximum absolute atomic E-state index is 12.1. The van der Waals surface area contributed by atoms with Gasteiger partial charge in [0.25, 0.3) is 5.91 Å². The molecule has 0 fully saturated rings. The van der Waals surface area contributed by atoms with E-state index in [-0.39, 0.29) is 11.9 Å². The molecule has 0 aliphatic rings. The molecule has 0 saturated heterocycles. The first-order valence-corrected chi connectivity index (χ1v) is 7.64. The molecule has 1 amide bonds. The molecule has 0 spiro atoms. The zero-order valence-electron chi connectivity index (χ0n) is 13.6. The van der Waals surface area contributed by atoms with Crippen LogP contribution in [0.2, 0.25) is 0 Å². The van der Waals surface area contributed by atoms with E-state index in [1.54, 1.807) is 19.9 Å². The lowest BCUT2D eigenvalue weighted by atomic mass is 10.1. The molecule has 4 nitrogen and oxygen atoms in total. The van der Waals surface area contributed by atoms with Gasteiger partial charge in [-0.2, -0.15) is 0 Å². The van der Waals surface area contributed by atoms with Gasteiger partial charge in [0.05, 0.1) is 6.10 Å². The topological polar surface area (TPSA) is 58.6 Å². The third-order valence-corrected chi connectivity index (χ3v) is 3.62. The molecule has 0 saturated carbocycles. The predicted molar refractivity (Wildman–Crippen MR) is 84.4 cm³/mol. The van der Waals surface area contributed by atoms with Crippen LogP contribution in [0.4, 0.5) is 0 Å². The van der Waals surface area contributed by atoms with E-state index in [0.717, 1.165) is 18.4 Å². The highest BCUT2D eigenvalue weighted by Gasteiger charge is 2.19. The van der Waals surface area contributed by atoms with Crippen molar-refractivity contribution in [3.8, 4) is 5.75 Å². The molecule has 0 heterocycles. The summed E-state index contributed by atoms with van der Waals surface area (Å²) in [6.45, 7) is 9.47. The SMILES string of the molecule is CCC(CC)NC(=O)C(C)Oc1ccc(C)cc1[C@@H](C)O. The molecule has 1 aromatic rings. The summed E-state index contributed by atoms with van der Waals surface area (Å²) in [6, 6.07) is 5.77. The van der Waals surface area contributed by atoms with Gasteiger partial charge in [0.1, 0.15) is 5.75 Å². The summed E-state index contributed by atoms with van der Waals surface area (Å²) in [5, 5.41) is 12.8. The fourth-order valence-electron chi connectivity index (χ4n) is 2.16. The molecule has 118 valence electrons. The predicted octanol–water partition coefficient (Wildman–Crippen LogP) is 3.12. The van der Waals surface area contributed by atoms with Crippen LogP contribution in [0.3, 0.4) is 0 Å². The zero-order chi connectivity index (χ0) is 16.0. The van der Waals surface area contributed by atoms with Gasteiger partial charge >= 0.3 is 0 Å². The summed E-state index contributed by atoms with van der Waals surface area (Å²) < 4.78 is 5.74. The molecule has 1 aromatic carbocycles. The van der Waals surface area contributed by atoms with Gasteiger partial charge in [0.2, 0.25) is 0 Å². The molecular weight excluding hydrogens is 266 g/mol. The molecule has 0 bridgehead atoms. The number of benzene rings is 1. The van der Waals surface area contributed by atoms with Crippen molar-refractivity contribution in [1.82, 2.24) is 5.32 Å². The van der Waals surface area contributed by atoms with E-state index >= 15 is 0 Å². The smallest absolute Gasteiger partial charge is 0.260 e. The highest BCUT2D eigenvalue weighted by molar-refractivity contribution is 5.81. The number of aliphatic hydroxyl groups is 1. The Hall–Kier alpha value is -1.55. The van der Waals surface area contributed by atoms with E-state index < -0.39 is 12.2 Å². The molecule has 1 rings (SSSR count). The number of aliphatic hydroxyl groups excluding tert-OH is 1. The summed E-state index contributed by atoms with van der Waals surface area (Å²) in [6.07, 6.45) is 0.580. The Morgan fingerprint density at radius 1 is 1.29 bits per heavy atom. The van der Waals surface area contributed by atoms with Crippen molar-refractivity contribution in [3.05, 3.63) is 29.3 Å². The number of amides is 1. The lowest BCUT2D eigenvalue weighted by Gasteiger charge is -2.21. The minimum Gasteiger partial charge on any atom is -0.481 e. The van der Waals surface area contributed by atoms with Crippen LogP contribution in [0, 0.1) is 6.92 Å². The summed E-state index contributed by atoms with van der Waals surface area (Å²) in [5.41, 5.74) is 1.75. The van der Waals surface area contributed by atoms with Crippen LogP contribution in [-0.2, 0) is 4.79 Å². The van der Waals surface area contributed by atoms with Gasteiger partial charge in [-0.25, -0.2) is 0 Å². The Kier molecular flexibility index (Phi) is 6.69. The van der Waals surface area contributed by atoms with E-state index in [9.17, 15) is 9.90 Å². The van der Waals surface area contributed by atoms with Gasteiger partial charge in [0, 0.05) is 11.6 Å². The molecule has 0 aliphatic heterocycles. The maximum Gasteiger partial charge on any atom is 0.260 e. The second-order valence-electron chi connectivity index (χ2n) is 5.50. The lowest BCUT2D eigenvalue weighted by Crippen LogP contribution is -2.42. The van der Waals surface area contributed by atoms with Crippen molar-refractivity contribution in [2.45, 2.75) is 65.7 Å². The maximum atomic E-state index is 12.1. The van der Waals surface area contributed by atoms with E-state index in [1.807, 2.05) is 32.9 Å². The Labute approximate surface area is 127 Å². The highest BCUT2D eigenvalue weighted by Crippen LogP contribution is 2.27. The van der Waals surface area contributed by atoms with Crippen LogP contribution < -0.4 is 10.1 Å². The van der Waals surface area contributed by atoms with Gasteiger partial charge < -0.3 is 15.2 Å². The first kappa shape index (κ1) is 17.5. The van der Waals surface area contributed by atoms with Crippen molar-refractivity contribution in [2.75, 3.05) is 0 Å². The monoisotopic (exact) mass is 293 g/mol. The lowest BCUT2D eigenvalue weighted by molar-refractivity contribution is -0.128. The number of aryl methyl sites for hydroxylation is 1. The third-order valence-electron chi connectivity index (χ3n) is 3.62. The van der Waals surface area contributed by atoms with Gasteiger partial charge in [-0.3, -0.25) is 4.79 Å². The van der Waals surface area contributed by atoms with E-state index in [4.69, 9.17) is 4.74 Å². The molecule has 2 atom stereocenters. The number of carbonyl (C=O) groups is 1. The molecule has 4 heteroatoms. The summed E-state index contributed by atoms with van der Waals surface area (Å²) in [5.74, 6) is 0.434. The zero-order valence-corrected chi connectivity index (χ0v) is 13.6. The second kappa shape index (κ2) is 8.03. The molecule has 21 heavy (non-hydrogen) atoms. The summed E-state index contributed by atoms with van der Waals surface area (Å²) in [7, 11) is 0. The fourth-order valence-corrected chi connectivity index (χ4v) is 2.16. The number of ether oxygens (including phenoxy) is 1. The fraction of sp³-hybridized carbons (Fsp3) is 0.588. The highest BCUT2D eigenvalue weighted by atomic mass is 16.5. The Morgan fingerprint density at radius 2 is 1.90 bits per heavy atom. The van der Waals surface area contributed by atoms with Gasteiger partial charge in [-0.1, -0.05) is 25.5 Å². The first-order valence-electron chi connectivity index (χ1n) is 7.64. The molecule has 0 aliphatic carbocycles. The van der Waals surface area contributed by atoms with Crippen LogP contribution in [0.25, 0.3) is 0 Å². The quantitative estimate of drug-likeness (QED) is 0.812. The number of hydrogen-bond donors (Lipinski definition) is 2. The summed E-state index contributed by atoms with van der Waals surface area (Å²) >= 11 is 0. The van der Waals surface area contributed by atoms with Crippen molar-refractivity contribution in [2.24, 2.45) is 0 Å². The Bertz CT molecular complexity index is 467. The average molecular weight is 293 g/mol. The van der Waals surface area contributed by atoms with Gasteiger partial charge in [-0.15, -0.1) is 0 Å². The second-order valence-corrected chi connectivity index (χ2v) is 5.50. The van der Waals surface area contributed by atoms with Crippen LogP contribution in [0.1, 0.15) is 57.8 Å². The van der Waals surface area contributed by atoms with E-state index in [2.05, 4.69) is 5.32 Å².